The van der Waals surface area contributed by atoms with Crippen molar-refractivity contribution in [3.63, 3.8) is 0 Å². The Hall–Kier alpha value is -0.110. The van der Waals surface area contributed by atoms with Crippen LogP contribution in [0.25, 0.3) is 0 Å². The molecule has 0 unspecified atom stereocenters. The topological polar surface area (TPSA) is 9.23 Å². The van der Waals surface area contributed by atoms with Crippen LogP contribution in [0.3, 0.4) is 0 Å². The second-order valence-corrected chi connectivity index (χ2v) is 3.91. The van der Waals surface area contributed by atoms with Gasteiger partial charge in [0.1, 0.15) is 17.4 Å². The molecule has 1 radical (unpaired) electrons. The Balaban J connectivity index is 2.73. The Morgan fingerprint density at radius 3 is 2.57 bits per heavy atom. The van der Waals surface area contributed by atoms with Gasteiger partial charge in [-0.15, -0.1) is 0 Å². The van der Waals surface area contributed by atoms with Crippen LogP contribution in [0.1, 0.15) is 19.8 Å². The van der Waals surface area contributed by atoms with E-state index in [4.69, 9.17) is 39.5 Å². The van der Waals surface area contributed by atoms with E-state index in [1.807, 2.05) is 0 Å². The van der Waals surface area contributed by atoms with Gasteiger partial charge in [0.05, 0.1) is 10.0 Å². The highest BCUT2D eigenvalue weighted by atomic mass is 35.5. The van der Waals surface area contributed by atoms with E-state index >= 15 is 0 Å². The zero-order chi connectivity index (χ0) is 10.6. The summed E-state index contributed by atoms with van der Waals surface area (Å²) in [6.07, 6.45) is 1.90. The van der Waals surface area contributed by atoms with Gasteiger partial charge in [0.2, 0.25) is 0 Å². The van der Waals surface area contributed by atoms with Crippen molar-refractivity contribution in [1.29, 1.82) is 0 Å². The maximum Gasteiger partial charge on any atom is 0.140 e. The monoisotopic (exact) mass is 251 g/mol. The molecule has 77 valence electrons. The quantitative estimate of drug-likeness (QED) is 0.542. The molecule has 0 fully saturated rings. The Morgan fingerprint density at radius 2 is 1.93 bits per heavy atom. The first-order valence-electron chi connectivity index (χ1n) is 4.28. The summed E-state index contributed by atoms with van der Waals surface area (Å²) in [5.41, 5.74) is 0. The standard InChI is InChI=1S/C10H10Cl3O/c1-2-3-6-14-8-5-4-7(11)9(12)10(8)13/h4-6H,2-3H2,1H3. The van der Waals surface area contributed by atoms with E-state index in [0.717, 1.165) is 12.8 Å². The fraction of sp³-hybridized carbons (Fsp3) is 0.300. The van der Waals surface area contributed by atoms with Crippen molar-refractivity contribution < 1.29 is 4.74 Å². The molecule has 0 atom stereocenters. The van der Waals surface area contributed by atoms with Crippen LogP contribution < -0.4 is 4.74 Å². The van der Waals surface area contributed by atoms with Crippen LogP contribution in [0, 0.1) is 6.61 Å². The third kappa shape index (κ3) is 2.94. The van der Waals surface area contributed by atoms with Crippen molar-refractivity contribution >= 4 is 34.8 Å². The van der Waals surface area contributed by atoms with E-state index in [9.17, 15) is 0 Å². The number of hydrogen-bond acceptors (Lipinski definition) is 1. The molecule has 0 saturated carbocycles. The lowest BCUT2D eigenvalue weighted by Gasteiger charge is -2.08. The summed E-state index contributed by atoms with van der Waals surface area (Å²) >= 11 is 17.5. The average molecular weight is 253 g/mol. The first-order chi connectivity index (χ1) is 6.66. The predicted molar refractivity (Wildman–Crippen MR) is 61.3 cm³/mol. The van der Waals surface area contributed by atoms with E-state index in [1.54, 1.807) is 18.7 Å². The summed E-state index contributed by atoms with van der Waals surface area (Å²) in [4.78, 5) is 0. The minimum atomic E-state index is 0.329. The van der Waals surface area contributed by atoms with Gasteiger partial charge in [-0.25, -0.2) is 0 Å². The van der Waals surface area contributed by atoms with Crippen LogP contribution in [0.15, 0.2) is 12.1 Å². The van der Waals surface area contributed by atoms with E-state index < -0.39 is 0 Å². The van der Waals surface area contributed by atoms with E-state index in [1.165, 1.54) is 0 Å². The van der Waals surface area contributed by atoms with Crippen molar-refractivity contribution in [2.75, 3.05) is 0 Å². The van der Waals surface area contributed by atoms with Crippen molar-refractivity contribution in [1.82, 2.24) is 0 Å². The normalized spacial score (nSPS) is 10.3. The summed E-state index contributed by atoms with van der Waals surface area (Å²) < 4.78 is 5.31. The largest absolute Gasteiger partial charge is 0.485 e. The lowest BCUT2D eigenvalue weighted by Crippen LogP contribution is -1.90. The third-order valence-corrected chi connectivity index (χ3v) is 2.89. The Labute approximate surface area is 98.9 Å². The minimum Gasteiger partial charge on any atom is -0.485 e. The van der Waals surface area contributed by atoms with Gasteiger partial charge >= 0.3 is 0 Å². The molecule has 1 aromatic carbocycles. The van der Waals surface area contributed by atoms with E-state index in [0.29, 0.717) is 20.8 Å². The molecule has 0 bridgehead atoms. The fourth-order valence-electron chi connectivity index (χ4n) is 0.866. The van der Waals surface area contributed by atoms with Gasteiger partial charge in [0.25, 0.3) is 0 Å². The van der Waals surface area contributed by atoms with Crippen LogP contribution >= 0.6 is 34.8 Å². The number of rotatable bonds is 4. The molecule has 1 nitrogen and oxygen atoms in total. The highest BCUT2D eigenvalue weighted by molar-refractivity contribution is 6.48. The van der Waals surface area contributed by atoms with Crippen LogP contribution in [-0.4, -0.2) is 0 Å². The fourth-order valence-corrected chi connectivity index (χ4v) is 1.44. The van der Waals surface area contributed by atoms with Crippen molar-refractivity contribution in [2.45, 2.75) is 19.8 Å². The third-order valence-electron chi connectivity index (χ3n) is 1.62. The molecule has 0 aliphatic rings. The number of hydrogen-bond donors (Lipinski definition) is 0. The lowest BCUT2D eigenvalue weighted by molar-refractivity contribution is 0.390. The predicted octanol–water partition coefficient (Wildman–Crippen LogP) is 4.99. The Bertz CT molecular complexity index is 312. The smallest absolute Gasteiger partial charge is 0.140 e. The molecular weight excluding hydrogens is 242 g/mol. The molecule has 14 heavy (non-hydrogen) atoms. The second kappa shape index (κ2) is 5.69. The zero-order valence-corrected chi connectivity index (χ0v) is 9.96. The van der Waals surface area contributed by atoms with Crippen molar-refractivity contribution in [3.05, 3.63) is 33.8 Å². The molecule has 0 saturated heterocycles. The maximum absolute atomic E-state index is 5.92. The van der Waals surface area contributed by atoms with Gasteiger partial charge < -0.3 is 4.74 Å². The van der Waals surface area contributed by atoms with Crippen molar-refractivity contribution in [3.8, 4) is 5.75 Å². The number of ether oxygens (including phenoxy) is 1. The van der Waals surface area contributed by atoms with Gasteiger partial charge in [-0.05, 0) is 18.6 Å². The first-order valence-corrected chi connectivity index (χ1v) is 5.42. The van der Waals surface area contributed by atoms with Crippen molar-refractivity contribution in [2.24, 2.45) is 0 Å². The number of unbranched alkanes of at least 4 members (excludes halogenated alkanes) is 1. The summed E-state index contributed by atoms with van der Waals surface area (Å²) in [7, 11) is 0. The molecule has 0 aromatic heterocycles. The summed E-state index contributed by atoms with van der Waals surface area (Å²) in [5, 5.41) is 1.11. The Kier molecular flexibility index (Phi) is 4.86. The van der Waals surface area contributed by atoms with Crippen LogP contribution in [0.4, 0.5) is 0 Å². The van der Waals surface area contributed by atoms with Crippen LogP contribution in [0.5, 0.6) is 5.75 Å². The molecule has 0 amide bonds. The highest BCUT2D eigenvalue weighted by Crippen LogP contribution is 2.37. The van der Waals surface area contributed by atoms with Crippen LogP contribution in [-0.2, 0) is 0 Å². The highest BCUT2D eigenvalue weighted by Gasteiger charge is 2.09. The van der Waals surface area contributed by atoms with Gasteiger partial charge in [-0.3, -0.25) is 0 Å². The average Bonchev–Trinajstić information content (AvgIpc) is 2.18. The van der Waals surface area contributed by atoms with Gasteiger partial charge in [-0.1, -0.05) is 48.1 Å². The molecule has 1 rings (SSSR count). The SMILES string of the molecule is CCC[CH]Oc1ccc(Cl)c(Cl)c1Cl. The lowest BCUT2D eigenvalue weighted by atomic mass is 10.3. The molecule has 0 spiro atoms. The molecule has 0 heterocycles. The van der Waals surface area contributed by atoms with E-state index in [2.05, 4.69) is 6.92 Å². The molecule has 0 aliphatic carbocycles. The summed E-state index contributed by atoms with van der Waals surface area (Å²) in [6, 6.07) is 3.35. The zero-order valence-electron chi connectivity index (χ0n) is 7.69. The minimum absolute atomic E-state index is 0.329. The number of benzene rings is 1. The Morgan fingerprint density at radius 1 is 1.21 bits per heavy atom. The van der Waals surface area contributed by atoms with Crippen LogP contribution in [0.2, 0.25) is 15.1 Å². The molecular formula is C10H10Cl3O. The molecule has 1 aromatic rings. The van der Waals surface area contributed by atoms with Gasteiger partial charge in [0.15, 0.2) is 0 Å². The summed E-state index contributed by atoms with van der Waals surface area (Å²) in [6.45, 7) is 3.77. The molecule has 0 N–H and O–H groups in total. The van der Waals surface area contributed by atoms with Gasteiger partial charge in [0, 0.05) is 0 Å². The second-order valence-electron chi connectivity index (χ2n) is 2.75. The maximum atomic E-state index is 5.92. The first kappa shape index (κ1) is 12.0. The molecule has 4 heteroatoms. The molecule has 0 aliphatic heterocycles. The van der Waals surface area contributed by atoms with E-state index in [-0.39, 0.29) is 0 Å². The van der Waals surface area contributed by atoms with Gasteiger partial charge in [-0.2, -0.15) is 0 Å². The number of halogens is 3. The summed E-state index contributed by atoms with van der Waals surface area (Å²) in [5.74, 6) is 0.537.